The van der Waals surface area contributed by atoms with Gasteiger partial charge in [-0.15, -0.1) is 0 Å². The SMILES string of the molecule is CCC(N=C(NN)NC(C)COC)c1ncc[nH]1. The Kier molecular flexibility index (Phi) is 6.16. The molecule has 7 nitrogen and oxygen atoms in total. The lowest BCUT2D eigenvalue weighted by atomic mass is 10.2. The summed E-state index contributed by atoms with van der Waals surface area (Å²) in [5, 5.41) is 3.14. The molecule has 0 saturated carbocycles. The highest BCUT2D eigenvalue weighted by Crippen LogP contribution is 2.16. The van der Waals surface area contributed by atoms with Crippen molar-refractivity contribution in [1.82, 2.24) is 20.7 Å². The maximum atomic E-state index is 5.46. The second-order valence-electron chi connectivity index (χ2n) is 4.02. The summed E-state index contributed by atoms with van der Waals surface area (Å²) >= 11 is 0. The first-order valence-electron chi connectivity index (χ1n) is 6.00. The van der Waals surface area contributed by atoms with E-state index in [1.165, 1.54) is 0 Å². The highest BCUT2D eigenvalue weighted by molar-refractivity contribution is 5.79. The summed E-state index contributed by atoms with van der Waals surface area (Å²) < 4.78 is 5.05. The Morgan fingerprint density at radius 3 is 2.94 bits per heavy atom. The van der Waals surface area contributed by atoms with E-state index < -0.39 is 0 Å². The molecule has 5 N–H and O–H groups in total. The molecule has 7 heteroatoms. The van der Waals surface area contributed by atoms with Gasteiger partial charge in [-0.05, 0) is 13.3 Å². The fourth-order valence-electron chi connectivity index (χ4n) is 1.60. The van der Waals surface area contributed by atoms with Gasteiger partial charge in [-0.25, -0.2) is 15.8 Å². The number of aromatic nitrogens is 2. The fourth-order valence-corrected chi connectivity index (χ4v) is 1.60. The van der Waals surface area contributed by atoms with E-state index in [9.17, 15) is 0 Å². The molecule has 1 heterocycles. The van der Waals surface area contributed by atoms with Gasteiger partial charge in [-0.2, -0.15) is 0 Å². The Balaban J connectivity index is 2.69. The molecule has 102 valence electrons. The molecule has 0 spiro atoms. The first-order valence-corrected chi connectivity index (χ1v) is 6.00. The van der Waals surface area contributed by atoms with Gasteiger partial charge in [-0.1, -0.05) is 6.92 Å². The molecule has 0 aliphatic rings. The Hall–Kier alpha value is -1.60. The van der Waals surface area contributed by atoms with E-state index in [0.29, 0.717) is 12.6 Å². The van der Waals surface area contributed by atoms with Crippen molar-refractivity contribution >= 4 is 5.96 Å². The first kappa shape index (κ1) is 14.5. The van der Waals surface area contributed by atoms with Crippen LogP contribution in [0.5, 0.6) is 0 Å². The van der Waals surface area contributed by atoms with Gasteiger partial charge in [0, 0.05) is 25.5 Å². The van der Waals surface area contributed by atoms with Gasteiger partial charge in [0.2, 0.25) is 5.96 Å². The zero-order valence-electron chi connectivity index (χ0n) is 11.1. The average Bonchev–Trinajstić information content (AvgIpc) is 2.88. The van der Waals surface area contributed by atoms with Gasteiger partial charge in [0.15, 0.2) is 0 Å². The van der Waals surface area contributed by atoms with Gasteiger partial charge in [0.1, 0.15) is 11.9 Å². The number of hydrogen-bond donors (Lipinski definition) is 4. The largest absolute Gasteiger partial charge is 0.383 e. The molecule has 0 aromatic carbocycles. The van der Waals surface area contributed by atoms with Crippen molar-refractivity contribution in [2.24, 2.45) is 10.8 Å². The third-order valence-corrected chi connectivity index (χ3v) is 2.44. The van der Waals surface area contributed by atoms with Crippen LogP contribution in [0.15, 0.2) is 17.4 Å². The van der Waals surface area contributed by atoms with Crippen LogP contribution < -0.4 is 16.6 Å². The molecule has 0 radical (unpaired) electrons. The van der Waals surface area contributed by atoms with Crippen LogP contribution in [0.4, 0.5) is 0 Å². The predicted octanol–water partition coefficient (Wildman–Crippen LogP) is 0.305. The summed E-state index contributed by atoms with van der Waals surface area (Å²) in [5.41, 5.74) is 2.56. The Labute approximate surface area is 107 Å². The molecule has 18 heavy (non-hydrogen) atoms. The predicted molar refractivity (Wildman–Crippen MR) is 70.9 cm³/mol. The number of nitrogens with zero attached hydrogens (tertiary/aromatic N) is 2. The van der Waals surface area contributed by atoms with E-state index in [1.54, 1.807) is 19.5 Å². The number of ether oxygens (including phenoxy) is 1. The summed E-state index contributed by atoms with van der Waals surface area (Å²) in [6.07, 6.45) is 4.33. The maximum Gasteiger partial charge on any atom is 0.206 e. The highest BCUT2D eigenvalue weighted by atomic mass is 16.5. The van der Waals surface area contributed by atoms with Crippen molar-refractivity contribution in [3.63, 3.8) is 0 Å². The minimum absolute atomic E-state index is 0.0479. The van der Waals surface area contributed by atoms with Crippen molar-refractivity contribution in [1.29, 1.82) is 0 Å². The number of nitrogens with one attached hydrogen (secondary N) is 3. The number of guanidine groups is 1. The van der Waals surface area contributed by atoms with E-state index in [4.69, 9.17) is 10.6 Å². The van der Waals surface area contributed by atoms with Crippen LogP contribution in [0.3, 0.4) is 0 Å². The molecule has 1 rings (SSSR count). The smallest absolute Gasteiger partial charge is 0.206 e. The Morgan fingerprint density at radius 1 is 1.67 bits per heavy atom. The van der Waals surface area contributed by atoms with E-state index in [-0.39, 0.29) is 12.1 Å². The van der Waals surface area contributed by atoms with Gasteiger partial charge in [0.25, 0.3) is 0 Å². The molecule has 1 aromatic rings. The quantitative estimate of drug-likeness (QED) is 0.253. The number of methoxy groups -OCH3 is 1. The van der Waals surface area contributed by atoms with Crippen LogP contribution in [0.25, 0.3) is 0 Å². The van der Waals surface area contributed by atoms with Gasteiger partial charge >= 0.3 is 0 Å². The van der Waals surface area contributed by atoms with Crippen molar-refractivity contribution in [2.45, 2.75) is 32.4 Å². The average molecular weight is 254 g/mol. The van der Waals surface area contributed by atoms with Crippen LogP contribution in [-0.4, -0.2) is 35.7 Å². The maximum absolute atomic E-state index is 5.46. The summed E-state index contributed by atoms with van der Waals surface area (Å²) in [4.78, 5) is 11.8. The van der Waals surface area contributed by atoms with Crippen LogP contribution in [0.2, 0.25) is 0 Å². The van der Waals surface area contributed by atoms with Gasteiger partial charge < -0.3 is 15.0 Å². The Morgan fingerprint density at radius 2 is 2.44 bits per heavy atom. The van der Waals surface area contributed by atoms with Crippen molar-refractivity contribution in [3.05, 3.63) is 18.2 Å². The summed E-state index contributed by atoms with van der Waals surface area (Å²) in [5.74, 6) is 6.81. The Bertz CT molecular complexity index is 350. The second kappa shape index (κ2) is 7.67. The zero-order chi connectivity index (χ0) is 13.4. The number of aromatic amines is 1. The normalized spacial score (nSPS) is 15.2. The summed E-state index contributed by atoms with van der Waals surface area (Å²) in [7, 11) is 1.66. The van der Waals surface area contributed by atoms with Crippen molar-refractivity contribution in [2.75, 3.05) is 13.7 Å². The number of imidazole rings is 1. The molecule has 0 aliphatic heterocycles. The fraction of sp³-hybridized carbons (Fsp3) is 0.636. The second-order valence-corrected chi connectivity index (χ2v) is 4.02. The minimum Gasteiger partial charge on any atom is -0.383 e. The van der Waals surface area contributed by atoms with E-state index in [2.05, 4.69) is 25.7 Å². The monoisotopic (exact) mass is 254 g/mol. The number of aliphatic imine (C=N–C) groups is 1. The zero-order valence-corrected chi connectivity index (χ0v) is 11.1. The van der Waals surface area contributed by atoms with Gasteiger partial charge in [-0.3, -0.25) is 5.43 Å². The third-order valence-electron chi connectivity index (χ3n) is 2.44. The van der Waals surface area contributed by atoms with Crippen LogP contribution in [0, 0.1) is 0 Å². The van der Waals surface area contributed by atoms with E-state index in [1.807, 2.05) is 13.8 Å². The molecule has 1 aromatic heterocycles. The van der Waals surface area contributed by atoms with Crippen molar-refractivity contribution in [3.8, 4) is 0 Å². The number of hydrogen-bond acceptors (Lipinski definition) is 4. The molecule has 2 unspecified atom stereocenters. The number of nitrogens with two attached hydrogens (primary N) is 1. The van der Waals surface area contributed by atoms with E-state index in [0.717, 1.165) is 12.2 Å². The molecule has 2 atom stereocenters. The molecular formula is C11H22N6O. The minimum atomic E-state index is -0.0479. The number of H-pyrrole nitrogens is 1. The van der Waals surface area contributed by atoms with Crippen molar-refractivity contribution < 1.29 is 4.74 Å². The third kappa shape index (κ3) is 4.34. The molecule has 0 saturated heterocycles. The van der Waals surface area contributed by atoms with Crippen LogP contribution >= 0.6 is 0 Å². The number of hydrazine groups is 1. The topological polar surface area (TPSA) is 100 Å². The first-order chi connectivity index (χ1) is 8.71. The molecule has 0 aliphatic carbocycles. The lowest BCUT2D eigenvalue weighted by Crippen LogP contribution is -2.47. The number of rotatable bonds is 6. The molecule has 0 amide bonds. The van der Waals surface area contributed by atoms with Crippen LogP contribution in [-0.2, 0) is 4.74 Å². The van der Waals surface area contributed by atoms with E-state index >= 15 is 0 Å². The molecule has 0 fully saturated rings. The standard InChI is InChI=1S/C11H22N6O/c1-4-9(10-13-5-6-14-10)16-11(17-12)15-8(2)7-18-3/h5-6,8-9H,4,7,12H2,1-3H3,(H,13,14)(H2,15,16,17). The highest BCUT2D eigenvalue weighted by Gasteiger charge is 2.12. The van der Waals surface area contributed by atoms with Crippen LogP contribution in [0.1, 0.15) is 32.1 Å². The lowest BCUT2D eigenvalue weighted by Gasteiger charge is -2.17. The lowest BCUT2D eigenvalue weighted by molar-refractivity contribution is 0.179. The molecule has 0 bridgehead atoms. The summed E-state index contributed by atoms with van der Waals surface area (Å²) in [6, 6.07) is 0.0761. The van der Waals surface area contributed by atoms with Gasteiger partial charge in [0.05, 0.1) is 6.61 Å². The molecular weight excluding hydrogens is 232 g/mol. The summed E-state index contributed by atoms with van der Waals surface area (Å²) in [6.45, 7) is 4.62.